The van der Waals surface area contributed by atoms with Gasteiger partial charge in [-0.25, -0.2) is 18.6 Å². The third-order valence-corrected chi connectivity index (χ3v) is 4.78. The average molecular weight is 396 g/mol. The minimum atomic E-state index is -0.772. The van der Waals surface area contributed by atoms with E-state index in [1.165, 1.54) is 11.3 Å². The van der Waals surface area contributed by atoms with Crippen LogP contribution in [-0.2, 0) is 4.74 Å². The molecule has 0 bridgehead atoms. The molecule has 1 aliphatic heterocycles. The van der Waals surface area contributed by atoms with E-state index in [2.05, 4.69) is 10.3 Å². The number of hydrogen-bond acceptors (Lipinski definition) is 6. The van der Waals surface area contributed by atoms with E-state index in [9.17, 15) is 13.6 Å². The highest BCUT2D eigenvalue weighted by Crippen LogP contribution is 2.40. The second-order valence-corrected chi connectivity index (χ2v) is 8.27. The largest absolute Gasteiger partial charge is 0.444 e. The molecule has 0 radical (unpaired) electrons. The lowest BCUT2D eigenvalue weighted by Gasteiger charge is -2.27. The second kappa shape index (κ2) is 7.30. The maximum atomic E-state index is 14.7. The minimum absolute atomic E-state index is 0.00310. The molecule has 3 rings (SSSR count). The van der Waals surface area contributed by atoms with E-state index >= 15 is 0 Å². The fourth-order valence-electron chi connectivity index (χ4n) is 3.13. The first kappa shape index (κ1) is 19.3. The molecule has 146 valence electrons. The summed E-state index contributed by atoms with van der Waals surface area (Å²) < 4.78 is 34.6. The van der Waals surface area contributed by atoms with Gasteiger partial charge in [0.25, 0.3) is 0 Å². The lowest BCUT2D eigenvalue weighted by atomic mass is 10.1. The van der Waals surface area contributed by atoms with Crippen LogP contribution >= 0.6 is 11.3 Å². The molecule has 9 heteroatoms. The third-order valence-electron chi connectivity index (χ3n) is 4.08. The molecule has 2 heterocycles. The molecule has 2 aromatic rings. The van der Waals surface area contributed by atoms with Crippen LogP contribution < -0.4 is 16.0 Å². The summed E-state index contributed by atoms with van der Waals surface area (Å²) in [6.07, 6.45) is 0.754. The lowest BCUT2D eigenvalue weighted by molar-refractivity contribution is 0.0636. The topological polar surface area (TPSA) is 80.5 Å². The van der Waals surface area contributed by atoms with E-state index in [1.54, 1.807) is 25.7 Å². The van der Waals surface area contributed by atoms with Gasteiger partial charge in [-0.3, -0.25) is 5.32 Å². The SMILES string of the molecule is CC(C)(C)OC(=O)Nc1cc(F)c(N2CCC[C@@H]2c2csc(N)n2)c(F)c1. The van der Waals surface area contributed by atoms with Crippen molar-refractivity contribution in [3.05, 3.63) is 34.8 Å². The predicted octanol–water partition coefficient (Wildman–Crippen LogP) is 4.69. The normalized spacial score (nSPS) is 17.2. The highest BCUT2D eigenvalue weighted by Gasteiger charge is 2.32. The Balaban J connectivity index is 1.83. The standard InChI is InChI=1S/C18H22F2N4O2S/c1-18(2,3)26-17(25)22-10-7-11(19)15(12(20)8-10)24-6-4-5-14(24)13-9-27-16(21)23-13/h7-9,14H,4-6H2,1-3H3,(H2,21,23)(H,22,25)/t14-/m1/s1. The van der Waals surface area contributed by atoms with Gasteiger partial charge in [0.05, 0.1) is 11.7 Å². The van der Waals surface area contributed by atoms with Crippen molar-refractivity contribution in [2.75, 3.05) is 22.5 Å². The first-order valence-electron chi connectivity index (χ1n) is 8.60. The number of halogens is 2. The van der Waals surface area contributed by atoms with Crippen LogP contribution in [-0.4, -0.2) is 23.2 Å². The van der Waals surface area contributed by atoms with Gasteiger partial charge < -0.3 is 15.4 Å². The molecule has 1 atom stereocenters. The number of rotatable bonds is 3. The van der Waals surface area contributed by atoms with Crippen LogP contribution in [0.3, 0.4) is 0 Å². The van der Waals surface area contributed by atoms with Gasteiger partial charge in [0.2, 0.25) is 0 Å². The lowest BCUT2D eigenvalue weighted by Crippen LogP contribution is -2.28. The molecular weight excluding hydrogens is 374 g/mol. The zero-order valence-electron chi connectivity index (χ0n) is 15.4. The number of amides is 1. The Morgan fingerprint density at radius 3 is 2.59 bits per heavy atom. The first-order chi connectivity index (χ1) is 12.6. The number of hydrogen-bond donors (Lipinski definition) is 2. The van der Waals surface area contributed by atoms with Crippen molar-refractivity contribution in [1.29, 1.82) is 0 Å². The van der Waals surface area contributed by atoms with E-state index in [1.807, 2.05) is 5.38 Å². The minimum Gasteiger partial charge on any atom is -0.444 e. The Hall–Kier alpha value is -2.42. The number of nitrogens with zero attached hydrogens (tertiary/aromatic N) is 2. The van der Waals surface area contributed by atoms with Crippen LogP contribution in [0.1, 0.15) is 45.3 Å². The Bertz CT molecular complexity index is 827. The highest BCUT2D eigenvalue weighted by molar-refractivity contribution is 7.13. The number of aromatic nitrogens is 1. The van der Waals surface area contributed by atoms with Crippen molar-refractivity contribution in [2.24, 2.45) is 0 Å². The fraction of sp³-hybridized carbons (Fsp3) is 0.444. The smallest absolute Gasteiger partial charge is 0.412 e. The van der Waals surface area contributed by atoms with Crippen molar-refractivity contribution in [1.82, 2.24) is 4.98 Å². The molecule has 1 saturated heterocycles. The molecular formula is C18H22F2N4O2S. The molecule has 6 nitrogen and oxygen atoms in total. The summed E-state index contributed by atoms with van der Waals surface area (Å²) >= 11 is 1.30. The van der Waals surface area contributed by atoms with Gasteiger partial charge in [0.1, 0.15) is 11.3 Å². The molecule has 0 aliphatic carbocycles. The Morgan fingerprint density at radius 2 is 2.04 bits per heavy atom. The summed E-state index contributed by atoms with van der Waals surface area (Å²) in [5.74, 6) is -1.51. The summed E-state index contributed by atoms with van der Waals surface area (Å²) in [6.45, 7) is 5.62. The Kier molecular flexibility index (Phi) is 5.23. The number of carbonyl (C=O) groups is 1. The van der Waals surface area contributed by atoms with Crippen molar-refractivity contribution in [3.63, 3.8) is 0 Å². The van der Waals surface area contributed by atoms with Gasteiger partial charge in [-0.1, -0.05) is 0 Å². The number of nitrogens with two attached hydrogens (primary N) is 1. The zero-order chi connectivity index (χ0) is 19.8. The van der Waals surface area contributed by atoms with E-state index in [4.69, 9.17) is 10.5 Å². The van der Waals surface area contributed by atoms with Crippen molar-refractivity contribution in [3.8, 4) is 0 Å². The summed E-state index contributed by atoms with van der Waals surface area (Å²) in [7, 11) is 0. The number of anilines is 3. The van der Waals surface area contributed by atoms with Gasteiger partial charge in [0, 0.05) is 17.6 Å². The van der Waals surface area contributed by atoms with Crippen LogP contribution in [0.15, 0.2) is 17.5 Å². The van der Waals surface area contributed by atoms with E-state index < -0.39 is 23.3 Å². The molecule has 0 saturated carbocycles. The molecule has 3 N–H and O–H groups in total. The van der Waals surface area contributed by atoms with Crippen LogP contribution in [0.25, 0.3) is 0 Å². The maximum absolute atomic E-state index is 14.7. The van der Waals surface area contributed by atoms with Gasteiger partial charge >= 0.3 is 6.09 Å². The van der Waals surface area contributed by atoms with Crippen molar-refractivity contribution in [2.45, 2.75) is 45.3 Å². The van der Waals surface area contributed by atoms with Crippen LogP contribution in [0, 0.1) is 11.6 Å². The summed E-state index contributed by atoms with van der Waals surface area (Å²) in [4.78, 5) is 17.7. The van der Waals surface area contributed by atoms with E-state index in [-0.39, 0.29) is 17.4 Å². The van der Waals surface area contributed by atoms with Crippen molar-refractivity contribution >= 4 is 33.9 Å². The quantitative estimate of drug-likeness (QED) is 0.787. The zero-order valence-corrected chi connectivity index (χ0v) is 16.2. The third kappa shape index (κ3) is 4.47. The van der Waals surface area contributed by atoms with E-state index in [0.717, 1.165) is 25.0 Å². The van der Waals surface area contributed by atoms with Crippen LogP contribution in [0.5, 0.6) is 0 Å². The molecule has 1 fully saturated rings. The molecule has 1 aromatic carbocycles. The Labute approximate surface area is 160 Å². The number of benzene rings is 1. The summed E-state index contributed by atoms with van der Waals surface area (Å²) in [5, 5.41) is 4.59. The number of nitrogen functional groups attached to an aromatic ring is 1. The van der Waals surface area contributed by atoms with Crippen LogP contribution in [0.2, 0.25) is 0 Å². The molecule has 27 heavy (non-hydrogen) atoms. The van der Waals surface area contributed by atoms with E-state index in [0.29, 0.717) is 17.4 Å². The maximum Gasteiger partial charge on any atom is 0.412 e. The average Bonchev–Trinajstić information content (AvgIpc) is 3.13. The molecule has 1 aromatic heterocycles. The Morgan fingerprint density at radius 1 is 1.37 bits per heavy atom. The second-order valence-electron chi connectivity index (χ2n) is 7.38. The number of ether oxygens (including phenoxy) is 1. The summed E-state index contributed by atoms with van der Waals surface area (Å²) in [6, 6.07) is 1.95. The molecule has 1 amide bonds. The number of nitrogens with one attached hydrogen (secondary N) is 1. The van der Waals surface area contributed by atoms with Gasteiger partial charge in [-0.15, -0.1) is 11.3 Å². The number of thiazole rings is 1. The van der Waals surface area contributed by atoms with Gasteiger partial charge in [-0.05, 0) is 45.7 Å². The monoisotopic (exact) mass is 396 g/mol. The highest BCUT2D eigenvalue weighted by atomic mass is 32.1. The predicted molar refractivity (Wildman–Crippen MR) is 102 cm³/mol. The van der Waals surface area contributed by atoms with Gasteiger partial charge in [0.15, 0.2) is 16.8 Å². The fourth-order valence-corrected chi connectivity index (χ4v) is 3.74. The first-order valence-corrected chi connectivity index (χ1v) is 9.48. The molecule has 0 spiro atoms. The van der Waals surface area contributed by atoms with Crippen LogP contribution in [0.4, 0.5) is 30.1 Å². The van der Waals surface area contributed by atoms with Crippen molar-refractivity contribution < 1.29 is 18.3 Å². The molecule has 0 unspecified atom stereocenters. The number of carbonyl (C=O) groups excluding carboxylic acids is 1. The molecule has 1 aliphatic rings. The summed E-state index contributed by atoms with van der Waals surface area (Å²) in [5.41, 5.74) is 5.56. The van der Waals surface area contributed by atoms with Gasteiger partial charge in [-0.2, -0.15) is 0 Å².